The Bertz CT molecular complexity index is 930. The van der Waals surface area contributed by atoms with Crippen LogP contribution in [-0.2, 0) is 10.0 Å². The van der Waals surface area contributed by atoms with Crippen LogP contribution in [0.2, 0.25) is 0 Å². The number of rotatable bonds is 7. The number of likely N-dealkylation sites (tertiary alicyclic amines) is 1. The summed E-state index contributed by atoms with van der Waals surface area (Å²) in [7, 11) is -3.99. The molecule has 2 heterocycles. The van der Waals surface area contributed by atoms with E-state index in [-0.39, 0.29) is 11.4 Å². The molecule has 8 heteroatoms. The number of aromatic nitrogens is 1. The Morgan fingerprint density at radius 1 is 1.36 bits per heavy atom. The lowest BCUT2D eigenvalue weighted by Crippen LogP contribution is -2.46. The molecule has 28 heavy (non-hydrogen) atoms. The first-order valence-electron chi connectivity index (χ1n) is 9.79. The predicted molar refractivity (Wildman–Crippen MR) is 107 cm³/mol. The topological polar surface area (TPSA) is 82.5 Å². The molecular weight excluding hydrogens is 381 g/mol. The van der Waals surface area contributed by atoms with Gasteiger partial charge in [0.1, 0.15) is 5.82 Å². The molecule has 2 N–H and O–H groups in total. The zero-order valence-electron chi connectivity index (χ0n) is 16.4. The Labute approximate surface area is 165 Å². The van der Waals surface area contributed by atoms with E-state index in [0.29, 0.717) is 29.2 Å². The molecule has 6 nitrogen and oxygen atoms in total. The van der Waals surface area contributed by atoms with E-state index in [1.807, 2.05) is 0 Å². The van der Waals surface area contributed by atoms with Crippen LogP contribution >= 0.6 is 0 Å². The molecule has 0 unspecified atom stereocenters. The average molecular weight is 410 g/mol. The third-order valence-corrected chi connectivity index (χ3v) is 6.80. The summed E-state index contributed by atoms with van der Waals surface area (Å²) in [5.41, 5.74) is 0.969. The summed E-state index contributed by atoms with van der Waals surface area (Å²) < 4.78 is 41.9. The normalized spacial score (nSPS) is 19.8. The number of hydrogen-bond acceptors (Lipinski definition) is 5. The summed E-state index contributed by atoms with van der Waals surface area (Å²) in [6, 6.07) is 5.96. The first-order valence-corrected chi connectivity index (χ1v) is 11.3. The van der Waals surface area contributed by atoms with Gasteiger partial charge in [-0.05, 0) is 50.9 Å². The van der Waals surface area contributed by atoms with Crippen molar-refractivity contribution in [2.75, 3.05) is 19.6 Å². The molecule has 0 amide bonds. The van der Waals surface area contributed by atoms with Gasteiger partial charge in [-0.15, -0.1) is 0 Å². The number of nitrogens with one attached hydrogen (secondary N) is 1. The number of piperidine rings is 1. The predicted octanol–water partition coefficient (Wildman–Crippen LogP) is 2.59. The quantitative estimate of drug-likeness (QED) is 0.735. The van der Waals surface area contributed by atoms with E-state index in [2.05, 4.69) is 21.5 Å². The maximum atomic E-state index is 14.0. The van der Waals surface area contributed by atoms with Crippen LogP contribution in [0.15, 0.2) is 29.2 Å². The monoisotopic (exact) mass is 409 g/mol. The van der Waals surface area contributed by atoms with Crippen molar-refractivity contribution >= 4 is 20.9 Å². The fraction of sp³-hybridized carbons (Fsp3) is 0.550. The van der Waals surface area contributed by atoms with Crippen LogP contribution in [-0.4, -0.2) is 55.2 Å². The molecule has 0 radical (unpaired) electrons. The van der Waals surface area contributed by atoms with Crippen molar-refractivity contribution in [2.24, 2.45) is 0 Å². The Balaban J connectivity index is 1.73. The third-order valence-electron chi connectivity index (χ3n) is 5.34. The molecule has 0 saturated carbocycles. The number of sulfonamides is 1. The minimum Gasteiger partial charge on any atom is -0.390 e. The van der Waals surface area contributed by atoms with E-state index in [1.165, 1.54) is 12.5 Å². The number of nitrogens with zero attached hydrogens (tertiary/aromatic N) is 2. The van der Waals surface area contributed by atoms with Crippen molar-refractivity contribution in [3.05, 3.63) is 35.8 Å². The van der Waals surface area contributed by atoms with Crippen LogP contribution < -0.4 is 4.72 Å². The molecule has 1 aliphatic heterocycles. The van der Waals surface area contributed by atoms with Gasteiger partial charge in [-0.1, -0.05) is 13.3 Å². The molecule has 1 aliphatic rings. The lowest BCUT2D eigenvalue weighted by molar-refractivity contribution is 0.0683. The van der Waals surface area contributed by atoms with Crippen molar-refractivity contribution in [1.29, 1.82) is 0 Å². The number of aliphatic hydroxyl groups is 1. The molecule has 1 fully saturated rings. The number of hydrogen-bond donors (Lipinski definition) is 2. The summed E-state index contributed by atoms with van der Waals surface area (Å²) in [5.74, 6) is -0.661. The van der Waals surface area contributed by atoms with E-state index in [4.69, 9.17) is 0 Å². The lowest BCUT2D eigenvalue weighted by atomic mass is 9.99. The molecule has 2 aromatic rings. The maximum Gasteiger partial charge on any atom is 0.241 e. The standard InChI is InChI=1S/C20H28FN3O3S/c1-3-16-6-4-5-9-24(16)13-17(25)12-22-28(26,27)20-11-15(21)10-19-18(20)8-7-14(2)23-19/h7-8,10-11,16-17,22,25H,3-6,9,12-13H2,1-2H3/t16-,17-/m0/s1. The van der Waals surface area contributed by atoms with E-state index in [0.717, 1.165) is 31.9 Å². The second-order valence-electron chi connectivity index (χ2n) is 7.48. The highest BCUT2D eigenvalue weighted by molar-refractivity contribution is 7.89. The van der Waals surface area contributed by atoms with E-state index in [1.54, 1.807) is 19.1 Å². The summed E-state index contributed by atoms with van der Waals surface area (Å²) in [6.07, 6.45) is 3.58. The summed E-state index contributed by atoms with van der Waals surface area (Å²) in [6.45, 7) is 5.11. The first-order chi connectivity index (χ1) is 13.3. The Kier molecular flexibility index (Phi) is 6.65. The number of benzene rings is 1. The van der Waals surface area contributed by atoms with Crippen molar-refractivity contribution in [3.8, 4) is 0 Å². The molecule has 0 aliphatic carbocycles. The van der Waals surface area contributed by atoms with Crippen LogP contribution in [0.5, 0.6) is 0 Å². The van der Waals surface area contributed by atoms with Gasteiger partial charge in [-0.25, -0.2) is 17.5 Å². The number of fused-ring (bicyclic) bond motifs is 1. The van der Waals surface area contributed by atoms with Gasteiger partial charge in [-0.3, -0.25) is 9.88 Å². The Morgan fingerprint density at radius 2 is 2.14 bits per heavy atom. The smallest absolute Gasteiger partial charge is 0.241 e. The summed E-state index contributed by atoms with van der Waals surface area (Å²) in [4.78, 5) is 6.28. The fourth-order valence-electron chi connectivity index (χ4n) is 3.87. The van der Waals surface area contributed by atoms with Gasteiger partial charge in [0.05, 0.1) is 16.5 Å². The zero-order valence-corrected chi connectivity index (χ0v) is 17.2. The SMILES string of the molecule is CC[C@H]1CCCCN1C[C@@H](O)CNS(=O)(=O)c1cc(F)cc2nc(C)ccc12. The highest BCUT2D eigenvalue weighted by Crippen LogP contribution is 2.24. The number of pyridine rings is 1. The second-order valence-corrected chi connectivity index (χ2v) is 9.22. The molecule has 0 spiro atoms. The van der Waals surface area contributed by atoms with Gasteiger partial charge in [0.25, 0.3) is 0 Å². The van der Waals surface area contributed by atoms with Crippen molar-refractivity contribution in [1.82, 2.24) is 14.6 Å². The second kappa shape index (κ2) is 8.82. The minimum absolute atomic E-state index is 0.118. The number of β-amino-alcohol motifs (C(OH)–C–C–N with tert-alkyl or cyclic N) is 1. The largest absolute Gasteiger partial charge is 0.390 e. The fourth-order valence-corrected chi connectivity index (χ4v) is 5.17. The minimum atomic E-state index is -3.99. The van der Waals surface area contributed by atoms with Crippen LogP contribution in [0.4, 0.5) is 4.39 Å². The van der Waals surface area contributed by atoms with E-state index in [9.17, 15) is 17.9 Å². The average Bonchev–Trinajstić information content (AvgIpc) is 2.66. The molecule has 3 rings (SSSR count). The van der Waals surface area contributed by atoms with E-state index >= 15 is 0 Å². The summed E-state index contributed by atoms with van der Waals surface area (Å²) in [5, 5.41) is 10.7. The van der Waals surface area contributed by atoms with Gasteiger partial charge in [0.15, 0.2) is 0 Å². The highest BCUT2D eigenvalue weighted by atomic mass is 32.2. The van der Waals surface area contributed by atoms with Crippen molar-refractivity contribution < 1.29 is 17.9 Å². The van der Waals surface area contributed by atoms with Crippen LogP contribution in [0.3, 0.4) is 0 Å². The zero-order chi connectivity index (χ0) is 20.3. The lowest BCUT2D eigenvalue weighted by Gasteiger charge is -2.36. The summed E-state index contributed by atoms with van der Waals surface area (Å²) >= 11 is 0. The van der Waals surface area contributed by atoms with Crippen molar-refractivity contribution in [3.63, 3.8) is 0 Å². The Morgan fingerprint density at radius 3 is 2.89 bits per heavy atom. The van der Waals surface area contributed by atoms with Gasteiger partial charge >= 0.3 is 0 Å². The molecule has 1 aromatic heterocycles. The molecule has 0 bridgehead atoms. The van der Waals surface area contributed by atoms with Gasteiger partial charge in [-0.2, -0.15) is 0 Å². The van der Waals surface area contributed by atoms with Gasteiger partial charge in [0, 0.05) is 36.3 Å². The number of aryl methyl sites for hydroxylation is 1. The number of halogens is 1. The van der Waals surface area contributed by atoms with Crippen molar-refractivity contribution in [2.45, 2.75) is 56.6 Å². The number of aliphatic hydroxyl groups excluding tert-OH is 1. The molecule has 1 aromatic carbocycles. The van der Waals surface area contributed by atoms with Gasteiger partial charge < -0.3 is 5.11 Å². The third kappa shape index (κ3) is 4.86. The molecule has 154 valence electrons. The highest BCUT2D eigenvalue weighted by Gasteiger charge is 2.25. The molecular formula is C20H28FN3O3S. The van der Waals surface area contributed by atoms with Crippen LogP contribution in [0.25, 0.3) is 10.9 Å². The van der Waals surface area contributed by atoms with Crippen LogP contribution in [0.1, 0.15) is 38.3 Å². The first kappa shape index (κ1) is 21.1. The molecule has 2 atom stereocenters. The van der Waals surface area contributed by atoms with Gasteiger partial charge in [0.2, 0.25) is 10.0 Å². The van der Waals surface area contributed by atoms with Crippen LogP contribution in [0, 0.1) is 12.7 Å². The maximum absolute atomic E-state index is 14.0. The Hall–Kier alpha value is -1.61. The van der Waals surface area contributed by atoms with E-state index < -0.39 is 21.9 Å². The molecule has 1 saturated heterocycles.